The van der Waals surface area contributed by atoms with Crippen LogP contribution in [0.2, 0.25) is 0 Å². The number of benzene rings is 1. The van der Waals surface area contributed by atoms with Crippen LogP contribution in [0.1, 0.15) is 64.9 Å². The number of hydrogen-bond acceptors (Lipinski definition) is 2. The summed E-state index contributed by atoms with van der Waals surface area (Å²) in [5.74, 6) is 0. The SMILES string of the molecule is CCCCCCCCc1ccc(B2OCC(C)(C)CO2)cc1. The minimum absolute atomic E-state index is 0.133. The van der Waals surface area contributed by atoms with Crippen molar-refractivity contribution in [3.8, 4) is 0 Å². The van der Waals surface area contributed by atoms with Gasteiger partial charge in [0.05, 0.1) is 0 Å². The average molecular weight is 302 g/mol. The van der Waals surface area contributed by atoms with Gasteiger partial charge in [0.15, 0.2) is 0 Å². The Kier molecular flexibility index (Phi) is 6.97. The Labute approximate surface area is 136 Å². The summed E-state index contributed by atoms with van der Waals surface area (Å²) in [5.41, 5.74) is 2.70. The second kappa shape index (κ2) is 8.74. The average Bonchev–Trinajstić information content (AvgIpc) is 2.51. The summed E-state index contributed by atoms with van der Waals surface area (Å²) in [6, 6.07) is 8.78. The summed E-state index contributed by atoms with van der Waals surface area (Å²) in [6.07, 6.45) is 9.32. The van der Waals surface area contributed by atoms with E-state index in [0.29, 0.717) is 0 Å². The molecule has 2 nitrogen and oxygen atoms in total. The zero-order chi connectivity index (χ0) is 15.8. The predicted octanol–water partition coefficient (Wildman–Crippen LogP) is 4.36. The van der Waals surface area contributed by atoms with Crippen LogP contribution in [-0.2, 0) is 15.7 Å². The molecule has 0 spiro atoms. The molecule has 1 aromatic rings. The van der Waals surface area contributed by atoms with E-state index in [1.54, 1.807) is 0 Å². The Hall–Kier alpha value is -0.795. The smallest absolute Gasteiger partial charge is 0.407 e. The van der Waals surface area contributed by atoms with E-state index >= 15 is 0 Å². The highest BCUT2D eigenvalue weighted by atomic mass is 16.6. The fraction of sp³-hybridized carbons (Fsp3) is 0.684. The van der Waals surface area contributed by atoms with Gasteiger partial charge in [-0.25, -0.2) is 0 Å². The van der Waals surface area contributed by atoms with E-state index in [-0.39, 0.29) is 12.5 Å². The molecule has 0 amide bonds. The standard InChI is InChI=1S/C19H31BO2/c1-4-5-6-7-8-9-10-17-11-13-18(14-12-17)20-21-15-19(2,3)16-22-20/h11-14H,4-10,15-16H2,1-3H3. The van der Waals surface area contributed by atoms with Crippen molar-refractivity contribution in [3.63, 3.8) is 0 Å². The summed E-state index contributed by atoms with van der Waals surface area (Å²) < 4.78 is 11.7. The lowest BCUT2D eigenvalue weighted by atomic mass is 9.75. The first-order chi connectivity index (χ1) is 10.6. The minimum atomic E-state index is -0.184. The molecule has 122 valence electrons. The van der Waals surface area contributed by atoms with Gasteiger partial charge in [-0.05, 0) is 23.9 Å². The van der Waals surface area contributed by atoms with E-state index in [9.17, 15) is 0 Å². The maximum Gasteiger partial charge on any atom is 0.493 e. The van der Waals surface area contributed by atoms with Crippen LogP contribution in [0.15, 0.2) is 24.3 Å². The van der Waals surface area contributed by atoms with Crippen molar-refractivity contribution in [2.75, 3.05) is 13.2 Å². The summed E-state index contributed by atoms with van der Waals surface area (Å²) in [6.45, 7) is 8.14. The fourth-order valence-corrected chi connectivity index (χ4v) is 2.84. The molecule has 0 bridgehead atoms. The lowest BCUT2D eigenvalue weighted by Gasteiger charge is -2.33. The van der Waals surface area contributed by atoms with E-state index in [0.717, 1.165) is 18.7 Å². The molecule has 1 aromatic carbocycles. The molecular weight excluding hydrogens is 271 g/mol. The van der Waals surface area contributed by atoms with Crippen molar-refractivity contribution >= 4 is 12.6 Å². The van der Waals surface area contributed by atoms with Crippen molar-refractivity contribution < 1.29 is 9.31 Å². The molecule has 0 unspecified atom stereocenters. The number of rotatable bonds is 8. The molecule has 0 saturated carbocycles. The maximum absolute atomic E-state index is 5.83. The van der Waals surface area contributed by atoms with Gasteiger partial charge in [-0.15, -0.1) is 0 Å². The fourth-order valence-electron chi connectivity index (χ4n) is 2.84. The van der Waals surface area contributed by atoms with Gasteiger partial charge in [-0.3, -0.25) is 0 Å². The zero-order valence-electron chi connectivity index (χ0n) is 14.6. The summed E-state index contributed by atoms with van der Waals surface area (Å²) in [4.78, 5) is 0. The highest BCUT2D eigenvalue weighted by molar-refractivity contribution is 6.61. The third-order valence-corrected chi connectivity index (χ3v) is 4.32. The molecular formula is C19H31BO2. The van der Waals surface area contributed by atoms with E-state index < -0.39 is 0 Å². The largest absolute Gasteiger partial charge is 0.493 e. The first kappa shape index (κ1) is 17.6. The Balaban J connectivity index is 1.71. The predicted molar refractivity (Wildman–Crippen MR) is 94.6 cm³/mol. The summed E-state index contributed by atoms with van der Waals surface area (Å²) in [5, 5.41) is 0. The topological polar surface area (TPSA) is 18.5 Å². The van der Waals surface area contributed by atoms with E-state index in [1.807, 2.05) is 0 Å². The molecule has 0 atom stereocenters. The van der Waals surface area contributed by atoms with Crippen LogP contribution in [0.25, 0.3) is 0 Å². The highest BCUT2D eigenvalue weighted by Gasteiger charge is 2.33. The van der Waals surface area contributed by atoms with Crippen LogP contribution < -0.4 is 5.46 Å². The second-order valence-corrected chi connectivity index (χ2v) is 7.38. The normalized spacial score (nSPS) is 17.7. The van der Waals surface area contributed by atoms with Gasteiger partial charge in [-0.1, -0.05) is 77.1 Å². The second-order valence-electron chi connectivity index (χ2n) is 7.38. The number of aryl methyl sites for hydroxylation is 1. The lowest BCUT2D eigenvalue weighted by molar-refractivity contribution is 0.0343. The van der Waals surface area contributed by atoms with Crippen LogP contribution >= 0.6 is 0 Å². The number of unbranched alkanes of at least 4 members (excludes halogenated alkanes) is 5. The van der Waals surface area contributed by atoms with Crippen molar-refractivity contribution in [1.82, 2.24) is 0 Å². The lowest BCUT2D eigenvalue weighted by Crippen LogP contribution is -2.47. The van der Waals surface area contributed by atoms with E-state index in [1.165, 1.54) is 50.5 Å². The van der Waals surface area contributed by atoms with Gasteiger partial charge in [0.25, 0.3) is 0 Å². The van der Waals surface area contributed by atoms with Gasteiger partial charge >= 0.3 is 7.12 Å². The molecule has 0 aromatic heterocycles. The molecule has 3 heteroatoms. The van der Waals surface area contributed by atoms with E-state index in [2.05, 4.69) is 45.0 Å². The zero-order valence-corrected chi connectivity index (χ0v) is 14.6. The van der Waals surface area contributed by atoms with Gasteiger partial charge in [0.2, 0.25) is 0 Å². The van der Waals surface area contributed by atoms with Crippen molar-refractivity contribution in [2.24, 2.45) is 5.41 Å². The maximum atomic E-state index is 5.83. The van der Waals surface area contributed by atoms with Crippen molar-refractivity contribution in [1.29, 1.82) is 0 Å². The molecule has 1 aliphatic heterocycles. The van der Waals surface area contributed by atoms with Crippen LogP contribution in [-0.4, -0.2) is 20.3 Å². The molecule has 1 fully saturated rings. The van der Waals surface area contributed by atoms with Crippen LogP contribution in [0.4, 0.5) is 0 Å². The van der Waals surface area contributed by atoms with Crippen LogP contribution in [0.3, 0.4) is 0 Å². The molecule has 1 aliphatic rings. The van der Waals surface area contributed by atoms with Crippen molar-refractivity contribution in [3.05, 3.63) is 29.8 Å². The summed E-state index contributed by atoms with van der Waals surface area (Å²) >= 11 is 0. The molecule has 1 saturated heterocycles. The Morgan fingerprint density at radius 2 is 1.50 bits per heavy atom. The first-order valence-corrected chi connectivity index (χ1v) is 8.93. The molecule has 22 heavy (non-hydrogen) atoms. The Bertz CT molecular complexity index is 418. The molecule has 2 rings (SSSR count). The molecule has 0 radical (unpaired) electrons. The van der Waals surface area contributed by atoms with E-state index in [4.69, 9.17) is 9.31 Å². The Morgan fingerprint density at radius 3 is 2.14 bits per heavy atom. The number of hydrogen-bond donors (Lipinski definition) is 0. The van der Waals surface area contributed by atoms with Gasteiger partial charge in [-0.2, -0.15) is 0 Å². The monoisotopic (exact) mass is 302 g/mol. The molecule has 0 aliphatic carbocycles. The molecule has 0 N–H and O–H groups in total. The summed E-state index contributed by atoms with van der Waals surface area (Å²) in [7, 11) is -0.184. The molecule has 1 heterocycles. The van der Waals surface area contributed by atoms with Crippen LogP contribution in [0, 0.1) is 5.41 Å². The van der Waals surface area contributed by atoms with Crippen molar-refractivity contribution in [2.45, 2.75) is 65.7 Å². The third kappa shape index (κ3) is 5.77. The van der Waals surface area contributed by atoms with Gasteiger partial charge < -0.3 is 9.31 Å². The minimum Gasteiger partial charge on any atom is -0.407 e. The van der Waals surface area contributed by atoms with Gasteiger partial charge in [0, 0.05) is 18.6 Å². The third-order valence-electron chi connectivity index (χ3n) is 4.32. The quantitative estimate of drug-likeness (QED) is 0.525. The van der Waals surface area contributed by atoms with Crippen LogP contribution in [0.5, 0.6) is 0 Å². The highest BCUT2D eigenvalue weighted by Crippen LogP contribution is 2.21. The Morgan fingerprint density at radius 1 is 0.909 bits per heavy atom. The van der Waals surface area contributed by atoms with Gasteiger partial charge in [0.1, 0.15) is 0 Å². The first-order valence-electron chi connectivity index (χ1n) is 8.93.